The van der Waals surface area contributed by atoms with Crippen LogP contribution in [0.25, 0.3) is 0 Å². The fraction of sp³-hybridized carbons (Fsp3) is 0.571. The maximum atomic E-state index is 13.7. The van der Waals surface area contributed by atoms with Crippen molar-refractivity contribution < 1.29 is 4.39 Å². The van der Waals surface area contributed by atoms with Gasteiger partial charge in [0.25, 0.3) is 0 Å². The van der Waals surface area contributed by atoms with Crippen LogP contribution in [0.4, 0.5) is 4.39 Å². The van der Waals surface area contributed by atoms with Crippen molar-refractivity contribution in [1.29, 1.82) is 0 Å². The van der Waals surface area contributed by atoms with Crippen LogP contribution in [0.3, 0.4) is 0 Å². The van der Waals surface area contributed by atoms with Crippen molar-refractivity contribution >= 4 is 27.7 Å². The topological polar surface area (TPSA) is 29.3 Å². The second-order valence-electron chi connectivity index (χ2n) is 4.82. The highest BCUT2D eigenvalue weighted by molar-refractivity contribution is 9.10. The van der Waals surface area contributed by atoms with Gasteiger partial charge in [0.1, 0.15) is 5.82 Å². The minimum atomic E-state index is -0.214. The molecule has 1 aromatic rings. The largest absolute Gasteiger partial charge is 0.329 e. The van der Waals surface area contributed by atoms with Gasteiger partial charge in [0.15, 0.2) is 0 Å². The molecule has 0 bridgehead atoms. The molecule has 2 rings (SSSR count). The molecule has 2 nitrogen and oxygen atoms in total. The van der Waals surface area contributed by atoms with E-state index in [0.717, 1.165) is 24.4 Å². The fourth-order valence-corrected chi connectivity index (χ4v) is 3.94. The summed E-state index contributed by atoms with van der Waals surface area (Å²) < 4.78 is 14.2. The van der Waals surface area contributed by atoms with Gasteiger partial charge < -0.3 is 5.73 Å². The second kappa shape index (κ2) is 7.07. The number of hydrogen-bond donors (Lipinski definition) is 1. The number of nitrogens with two attached hydrogens (primary N) is 1. The van der Waals surface area contributed by atoms with Gasteiger partial charge in [-0.25, -0.2) is 4.39 Å². The van der Waals surface area contributed by atoms with E-state index in [2.05, 4.69) is 27.8 Å². The van der Waals surface area contributed by atoms with E-state index in [0.29, 0.717) is 16.3 Å². The van der Waals surface area contributed by atoms with Crippen LogP contribution in [0.2, 0.25) is 0 Å². The fourth-order valence-electron chi connectivity index (χ4n) is 2.49. The molecule has 2 unspecified atom stereocenters. The summed E-state index contributed by atoms with van der Waals surface area (Å²) in [6, 6.07) is 5.46. The normalized spacial score (nSPS) is 22.4. The third-order valence-electron chi connectivity index (χ3n) is 3.62. The lowest BCUT2D eigenvalue weighted by Crippen LogP contribution is -2.42. The Morgan fingerprint density at radius 1 is 1.58 bits per heavy atom. The average molecular weight is 347 g/mol. The molecule has 2 N–H and O–H groups in total. The standard InChI is InChI=1S/C14H20BrFN2S/c1-2-11-9-18(5-6-19-11)14(8-17)10-3-4-12(15)13(16)7-10/h3-4,7,11,14H,2,5-6,8-9,17H2,1H3. The Morgan fingerprint density at radius 2 is 2.37 bits per heavy atom. The molecule has 1 saturated heterocycles. The smallest absolute Gasteiger partial charge is 0.137 e. The second-order valence-corrected chi connectivity index (χ2v) is 7.08. The van der Waals surface area contributed by atoms with Crippen molar-refractivity contribution in [2.24, 2.45) is 5.73 Å². The van der Waals surface area contributed by atoms with Crippen LogP contribution < -0.4 is 5.73 Å². The number of rotatable bonds is 4. The van der Waals surface area contributed by atoms with Crippen molar-refractivity contribution in [3.8, 4) is 0 Å². The molecule has 1 aromatic carbocycles. The summed E-state index contributed by atoms with van der Waals surface area (Å²) >= 11 is 5.23. The molecule has 106 valence electrons. The highest BCUT2D eigenvalue weighted by atomic mass is 79.9. The van der Waals surface area contributed by atoms with Crippen LogP contribution in [-0.2, 0) is 0 Å². The lowest BCUT2D eigenvalue weighted by atomic mass is 10.0. The molecule has 0 spiro atoms. The summed E-state index contributed by atoms with van der Waals surface area (Å²) in [4.78, 5) is 2.40. The van der Waals surface area contributed by atoms with Crippen molar-refractivity contribution in [2.45, 2.75) is 24.6 Å². The number of nitrogens with zero attached hydrogens (tertiary/aromatic N) is 1. The number of benzene rings is 1. The molecule has 0 aliphatic carbocycles. The van der Waals surface area contributed by atoms with Gasteiger partial charge in [0.05, 0.1) is 4.47 Å². The van der Waals surface area contributed by atoms with Crippen molar-refractivity contribution in [1.82, 2.24) is 4.90 Å². The molecule has 0 aromatic heterocycles. The summed E-state index contributed by atoms with van der Waals surface area (Å²) in [6.07, 6.45) is 1.17. The summed E-state index contributed by atoms with van der Waals surface area (Å²) in [6.45, 7) is 4.82. The van der Waals surface area contributed by atoms with E-state index >= 15 is 0 Å². The zero-order valence-electron chi connectivity index (χ0n) is 11.1. The predicted molar refractivity (Wildman–Crippen MR) is 84.0 cm³/mol. The molecule has 1 fully saturated rings. The number of halogens is 2. The minimum Gasteiger partial charge on any atom is -0.329 e. The van der Waals surface area contributed by atoms with Gasteiger partial charge in [0, 0.05) is 36.7 Å². The monoisotopic (exact) mass is 346 g/mol. The Labute approximate surface area is 127 Å². The predicted octanol–water partition coefficient (Wildman–Crippen LogP) is 3.42. The van der Waals surface area contributed by atoms with Gasteiger partial charge in [0.2, 0.25) is 0 Å². The lowest BCUT2D eigenvalue weighted by Gasteiger charge is -2.37. The Hall–Kier alpha value is -0.100. The summed E-state index contributed by atoms with van der Waals surface area (Å²) in [5.74, 6) is 0.919. The van der Waals surface area contributed by atoms with E-state index < -0.39 is 0 Å². The Balaban J connectivity index is 2.16. The molecule has 1 aliphatic rings. The van der Waals surface area contributed by atoms with Crippen molar-refractivity contribution in [3.05, 3.63) is 34.1 Å². The van der Waals surface area contributed by atoms with Gasteiger partial charge in [-0.1, -0.05) is 13.0 Å². The lowest BCUT2D eigenvalue weighted by molar-refractivity contribution is 0.207. The molecule has 5 heteroatoms. The molecule has 0 saturated carbocycles. The summed E-state index contributed by atoms with van der Waals surface area (Å²) in [5, 5.41) is 0.670. The van der Waals surface area contributed by atoms with E-state index in [1.165, 1.54) is 6.42 Å². The first-order valence-electron chi connectivity index (χ1n) is 6.66. The van der Waals surface area contributed by atoms with E-state index in [9.17, 15) is 4.39 Å². The van der Waals surface area contributed by atoms with E-state index in [1.807, 2.05) is 17.8 Å². The Kier molecular flexibility index (Phi) is 5.69. The maximum Gasteiger partial charge on any atom is 0.137 e. The highest BCUT2D eigenvalue weighted by Gasteiger charge is 2.26. The zero-order valence-corrected chi connectivity index (χ0v) is 13.5. The molecule has 0 amide bonds. The molecule has 1 heterocycles. The van der Waals surface area contributed by atoms with Crippen LogP contribution in [0.15, 0.2) is 22.7 Å². The molecule has 0 radical (unpaired) electrons. The molecular weight excluding hydrogens is 327 g/mol. The molecule has 19 heavy (non-hydrogen) atoms. The van der Waals surface area contributed by atoms with Crippen LogP contribution in [-0.4, -0.2) is 35.5 Å². The van der Waals surface area contributed by atoms with Crippen molar-refractivity contribution in [2.75, 3.05) is 25.4 Å². The third kappa shape index (κ3) is 3.72. The van der Waals surface area contributed by atoms with Gasteiger partial charge in [-0.2, -0.15) is 11.8 Å². The molecule has 2 atom stereocenters. The van der Waals surface area contributed by atoms with Crippen LogP contribution in [0.5, 0.6) is 0 Å². The SMILES string of the molecule is CCC1CN(C(CN)c2ccc(Br)c(F)c2)CCS1. The Bertz CT molecular complexity index is 430. The molecule has 1 aliphatic heterocycles. The number of thioether (sulfide) groups is 1. The zero-order chi connectivity index (χ0) is 13.8. The summed E-state index contributed by atoms with van der Waals surface area (Å²) in [5.41, 5.74) is 6.90. The van der Waals surface area contributed by atoms with Crippen LogP contribution in [0, 0.1) is 5.82 Å². The average Bonchev–Trinajstić information content (AvgIpc) is 2.44. The quantitative estimate of drug-likeness (QED) is 0.905. The van der Waals surface area contributed by atoms with Crippen LogP contribution >= 0.6 is 27.7 Å². The van der Waals surface area contributed by atoms with Gasteiger partial charge in [-0.15, -0.1) is 0 Å². The van der Waals surface area contributed by atoms with E-state index in [-0.39, 0.29) is 11.9 Å². The van der Waals surface area contributed by atoms with Crippen LogP contribution in [0.1, 0.15) is 24.9 Å². The maximum absolute atomic E-state index is 13.7. The molecular formula is C14H20BrFN2S. The third-order valence-corrected chi connectivity index (χ3v) is 5.63. The first kappa shape index (κ1) is 15.3. The summed E-state index contributed by atoms with van der Waals surface area (Å²) in [7, 11) is 0. The van der Waals surface area contributed by atoms with E-state index in [4.69, 9.17) is 5.73 Å². The highest BCUT2D eigenvalue weighted by Crippen LogP contribution is 2.29. The van der Waals surface area contributed by atoms with E-state index in [1.54, 1.807) is 12.1 Å². The Morgan fingerprint density at radius 3 is 3.00 bits per heavy atom. The minimum absolute atomic E-state index is 0.123. The van der Waals surface area contributed by atoms with Gasteiger partial charge >= 0.3 is 0 Å². The first-order chi connectivity index (χ1) is 9.15. The number of hydrogen-bond acceptors (Lipinski definition) is 3. The van der Waals surface area contributed by atoms with Crippen molar-refractivity contribution in [3.63, 3.8) is 0 Å². The van der Waals surface area contributed by atoms with Gasteiger partial charge in [-0.3, -0.25) is 4.90 Å². The first-order valence-corrected chi connectivity index (χ1v) is 8.50. The van der Waals surface area contributed by atoms with Gasteiger partial charge in [-0.05, 0) is 40.0 Å².